The summed E-state index contributed by atoms with van der Waals surface area (Å²) in [6, 6.07) is 9.15. The molecule has 0 radical (unpaired) electrons. The Hall–Kier alpha value is -1.86. The van der Waals surface area contributed by atoms with Crippen LogP contribution in [0.5, 0.6) is 0 Å². The van der Waals surface area contributed by atoms with Gasteiger partial charge in [-0.25, -0.2) is 0 Å². The van der Waals surface area contributed by atoms with Crippen LogP contribution >= 0.6 is 0 Å². The molecule has 0 saturated carbocycles. The van der Waals surface area contributed by atoms with Gasteiger partial charge in [0.15, 0.2) is 6.04 Å². The number of nitrogens with one attached hydrogen (secondary N) is 2. The fourth-order valence-electron chi connectivity index (χ4n) is 3.30. The maximum atomic E-state index is 12.5. The van der Waals surface area contributed by atoms with Crippen LogP contribution in [0.15, 0.2) is 24.3 Å². The Kier molecular flexibility index (Phi) is 4.98. The predicted molar refractivity (Wildman–Crippen MR) is 82.9 cm³/mol. The highest BCUT2D eigenvalue weighted by molar-refractivity contribution is 5.94. The molecule has 4 atom stereocenters. The number of nitriles is 1. The number of piperidine rings is 1. The van der Waals surface area contributed by atoms with Crippen molar-refractivity contribution in [2.75, 3.05) is 18.4 Å². The average molecular weight is 286 g/mol. The lowest BCUT2D eigenvalue weighted by molar-refractivity contribution is -0.925. The number of quaternary nitrogens is 1. The van der Waals surface area contributed by atoms with Crippen molar-refractivity contribution in [3.8, 4) is 6.07 Å². The molecule has 1 heterocycles. The highest BCUT2D eigenvalue weighted by Crippen LogP contribution is 2.15. The van der Waals surface area contributed by atoms with Gasteiger partial charge in [0.1, 0.15) is 6.07 Å². The van der Waals surface area contributed by atoms with Gasteiger partial charge < -0.3 is 10.2 Å². The standard InChI is InChI=1S/C17H23N3O/c1-12-8-13(2)11-20(10-12)14(3)17(21)19-16-7-5-4-6-15(16)9-18/h4-7,12-14H,8,10-11H2,1-3H3,(H,19,21)/p+1/t12-,13+,14-/m0/s1. The van der Waals surface area contributed by atoms with Crippen LogP contribution in [0, 0.1) is 23.2 Å². The van der Waals surface area contributed by atoms with E-state index in [1.165, 1.54) is 11.3 Å². The quantitative estimate of drug-likeness (QED) is 0.883. The summed E-state index contributed by atoms with van der Waals surface area (Å²) >= 11 is 0. The monoisotopic (exact) mass is 286 g/mol. The van der Waals surface area contributed by atoms with Gasteiger partial charge in [0, 0.05) is 11.8 Å². The van der Waals surface area contributed by atoms with Gasteiger partial charge in [0.2, 0.25) is 0 Å². The minimum Gasteiger partial charge on any atom is -0.324 e. The Morgan fingerprint density at radius 1 is 1.33 bits per heavy atom. The molecule has 1 unspecified atom stereocenters. The van der Waals surface area contributed by atoms with E-state index >= 15 is 0 Å². The zero-order chi connectivity index (χ0) is 15.4. The number of carbonyl (C=O) groups excluding carboxylic acids is 1. The number of benzene rings is 1. The molecule has 1 aromatic rings. The zero-order valence-electron chi connectivity index (χ0n) is 13.0. The lowest BCUT2D eigenvalue weighted by atomic mass is 9.91. The van der Waals surface area contributed by atoms with Crippen molar-refractivity contribution in [2.24, 2.45) is 11.8 Å². The van der Waals surface area contributed by atoms with Crippen LogP contribution in [0.25, 0.3) is 0 Å². The van der Waals surface area contributed by atoms with E-state index in [1.54, 1.807) is 18.2 Å². The maximum absolute atomic E-state index is 12.5. The Labute approximate surface area is 126 Å². The van der Waals surface area contributed by atoms with Crippen molar-refractivity contribution in [3.63, 3.8) is 0 Å². The molecule has 0 bridgehead atoms. The van der Waals surface area contributed by atoms with Crippen molar-refractivity contribution < 1.29 is 9.69 Å². The highest BCUT2D eigenvalue weighted by Gasteiger charge is 2.32. The molecule has 1 saturated heterocycles. The van der Waals surface area contributed by atoms with E-state index in [0.717, 1.165) is 13.1 Å². The normalized spacial score (nSPS) is 26.7. The minimum atomic E-state index is -0.0954. The summed E-state index contributed by atoms with van der Waals surface area (Å²) in [7, 11) is 0. The van der Waals surface area contributed by atoms with E-state index in [9.17, 15) is 4.79 Å². The van der Waals surface area contributed by atoms with E-state index in [1.807, 2.05) is 13.0 Å². The third-order valence-electron chi connectivity index (χ3n) is 4.34. The number of amides is 1. The van der Waals surface area contributed by atoms with Gasteiger partial charge in [-0.3, -0.25) is 4.79 Å². The van der Waals surface area contributed by atoms with E-state index in [2.05, 4.69) is 25.2 Å². The Morgan fingerprint density at radius 2 is 1.95 bits per heavy atom. The van der Waals surface area contributed by atoms with Crippen LogP contribution in [0.3, 0.4) is 0 Å². The number of nitrogens with zero attached hydrogens (tertiary/aromatic N) is 1. The van der Waals surface area contributed by atoms with Crippen molar-refractivity contribution >= 4 is 11.6 Å². The van der Waals surface area contributed by atoms with Gasteiger partial charge in [0.25, 0.3) is 5.91 Å². The smallest absolute Gasteiger partial charge is 0.282 e. The topological polar surface area (TPSA) is 57.3 Å². The second-order valence-electron chi connectivity index (χ2n) is 6.38. The third kappa shape index (κ3) is 3.83. The molecule has 2 rings (SSSR count). The van der Waals surface area contributed by atoms with Crippen molar-refractivity contribution in [3.05, 3.63) is 29.8 Å². The molecule has 1 aliphatic rings. The molecule has 0 aromatic heterocycles. The first kappa shape index (κ1) is 15.5. The summed E-state index contributed by atoms with van der Waals surface area (Å²) in [4.78, 5) is 13.8. The van der Waals surface area contributed by atoms with E-state index in [-0.39, 0.29) is 11.9 Å². The van der Waals surface area contributed by atoms with Crippen LogP contribution in [0.2, 0.25) is 0 Å². The summed E-state index contributed by atoms with van der Waals surface area (Å²) in [5.41, 5.74) is 1.11. The van der Waals surface area contributed by atoms with Crippen LogP contribution < -0.4 is 10.2 Å². The molecule has 1 aromatic carbocycles. The summed E-state index contributed by atoms with van der Waals surface area (Å²) < 4.78 is 0. The van der Waals surface area contributed by atoms with Crippen LogP contribution in [-0.4, -0.2) is 25.0 Å². The SMILES string of the molecule is C[C@@H]1C[C@H](C)C[NH+]([C@@H](C)C(=O)Nc2ccccc2C#N)C1. The van der Waals surface area contributed by atoms with Crippen LogP contribution in [0.4, 0.5) is 5.69 Å². The summed E-state index contributed by atoms with van der Waals surface area (Å²) in [5.74, 6) is 1.31. The highest BCUT2D eigenvalue weighted by atomic mass is 16.2. The number of rotatable bonds is 3. The van der Waals surface area contributed by atoms with Gasteiger partial charge in [-0.05, 0) is 25.5 Å². The Morgan fingerprint density at radius 3 is 2.57 bits per heavy atom. The number of hydrogen-bond acceptors (Lipinski definition) is 2. The van der Waals surface area contributed by atoms with E-state index in [0.29, 0.717) is 23.1 Å². The Balaban J connectivity index is 2.04. The molecule has 112 valence electrons. The third-order valence-corrected chi connectivity index (χ3v) is 4.34. The molecule has 21 heavy (non-hydrogen) atoms. The molecule has 0 spiro atoms. The summed E-state index contributed by atoms with van der Waals surface area (Å²) in [6.45, 7) is 8.57. The van der Waals surface area contributed by atoms with Gasteiger partial charge in [0.05, 0.1) is 24.3 Å². The largest absolute Gasteiger partial charge is 0.324 e. The average Bonchev–Trinajstić information content (AvgIpc) is 2.46. The predicted octanol–water partition coefficient (Wildman–Crippen LogP) is 1.45. The first-order valence-electron chi connectivity index (χ1n) is 7.65. The molecule has 1 aliphatic heterocycles. The second kappa shape index (κ2) is 6.73. The number of hydrogen-bond donors (Lipinski definition) is 2. The van der Waals surface area contributed by atoms with Crippen LogP contribution in [-0.2, 0) is 4.79 Å². The maximum Gasteiger partial charge on any atom is 0.282 e. The molecule has 1 amide bonds. The number of para-hydroxylation sites is 1. The number of likely N-dealkylation sites (tertiary alicyclic amines) is 1. The van der Waals surface area contributed by atoms with Gasteiger partial charge >= 0.3 is 0 Å². The summed E-state index contributed by atoms with van der Waals surface area (Å²) in [6.07, 6.45) is 1.25. The van der Waals surface area contributed by atoms with Gasteiger partial charge in [-0.15, -0.1) is 0 Å². The van der Waals surface area contributed by atoms with Gasteiger partial charge in [-0.2, -0.15) is 5.26 Å². The number of carbonyl (C=O) groups is 1. The van der Waals surface area contributed by atoms with Crippen molar-refractivity contribution in [1.29, 1.82) is 5.26 Å². The fraction of sp³-hybridized carbons (Fsp3) is 0.529. The van der Waals surface area contributed by atoms with Crippen LogP contribution in [0.1, 0.15) is 32.8 Å². The molecule has 4 nitrogen and oxygen atoms in total. The van der Waals surface area contributed by atoms with E-state index in [4.69, 9.17) is 5.26 Å². The molecule has 1 fully saturated rings. The van der Waals surface area contributed by atoms with Gasteiger partial charge in [-0.1, -0.05) is 26.0 Å². The van der Waals surface area contributed by atoms with E-state index < -0.39 is 0 Å². The lowest BCUT2D eigenvalue weighted by Gasteiger charge is -2.35. The fourth-order valence-corrected chi connectivity index (χ4v) is 3.30. The molecule has 2 N–H and O–H groups in total. The lowest BCUT2D eigenvalue weighted by Crippen LogP contribution is -3.18. The first-order chi connectivity index (χ1) is 10.0. The second-order valence-corrected chi connectivity index (χ2v) is 6.38. The number of anilines is 1. The Bertz CT molecular complexity index is 539. The van der Waals surface area contributed by atoms with Crippen molar-refractivity contribution in [2.45, 2.75) is 33.2 Å². The molecular weight excluding hydrogens is 262 g/mol. The zero-order valence-corrected chi connectivity index (χ0v) is 13.0. The molecule has 4 heteroatoms. The van der Waals surface area contributed by atoms with Crippen molar-refractivity contribution in [1.82, 2.24) is 0 Å². The summed E-state index contributed by atoms with van der Waals surface area (Å²) in [5, 5.41) is 12.0. The minimum absolute atomic E-state index is 0.00556. The molecule has 0 aliphatic carbocycles. The first-order valence-corrected chi connectivity index (χ1v) is 7.65. The molecular formula is C17H24N3O+.